The topological polar surface area (TPSA) is 64.6 Å². The van der Waals surface area contributed by atoms with E-state index in [1.165, 1.54) is 26.4 Å². The number of thiophene rings is 1. The maximum absolute atomic E-state index is 12.5. The first-order chi connectivity index (χ1) is 10.3. The van der Waals surface area contributed by atoms with Crippen molar-refractivity contribution in [2.75, 3.05) is 18.9 Å². The SMILES string of the molecule is COc1cc(NS(=O)(=O)c2c(Cl)sc(Cl)c2Br)cc(OC)c1. The van der Waals surface area contributed by atoms with Crippen molar-refractivity contribution in [1.29, 1.82) is 0 Å². The van der Waals surface area contributed by atoms with E-state index < -0.39 is 10.0 Å². The lowest BCUT2D eigenvalue weighted by Crippen LogP contribution is -2.13. The molecule has 0 aliphatic rings. The molecule has 0 saturated carbocycles. The Bertz CT molecular complexity index is 785. The lowest BCUT2D eigenvalue weighted by molar-refractivity contribution is 0.395. The van der Waals surface area contributed by atoms with E-state index in [-0.39, 0.29) is 23.7 Å². The largest absolute Gasteiger partial charge is 0.497 e. The zero-order valence-corrected chi connectivity index (χ0v) is 16.0. The zero-order chi connectivity index (χ0) is 16.5. The van der Waals surface area contributed by atoms with E-state index in [1.807, 2.05) is 0 Å². The highest BCUT2D eigenvalue weighted by molar-refractivity contribution is 9.10. The summed E-state index contributed by atoms with van der Waals surface area (Å²) in [5.41, 5.74) is 0.279. The maximum Gasteiger partial charge on any atom is 0.265 e. The molecule has 0 bridgehead atoms. The Morgan fingerprint density at radius 1 is 1.09 bits per heavy atom. The van der Waals surface area contributed by atoms with Crippen LogP contribution in [0.4, 0.5) is 5.69 Å². The summed E-state index contributed by atoms with van der Waals surface area (Å²) in [5, 5.41) is 0. The van der Waals surface area contributed by atoms with E-state index in [4.69, 9.17) is 32.7 Å². The minimum atomic E-state index is -3.92. The van der Waals surface area contributed by atoms with Crippen LogP contribution in [0.5, 0.6) is 11.5 Å². The van der Waals surface area contributed by atoms with Crippen LogP contribution in [0.15, 0.2) is 27.6 Å². The van der Waals surface area contributed by atoms with E-state index in [2.05, 4.69) is 20.7 Å². The van der Waals surface area contributed by atoms with Crippen molar-refractivity contribution in [3.8, 4) is 11.5 Å². The van der Waals surface area contributed by atoms with Crippen LogP contribution in [0.2, 0.25) is 8.67 Å². The molecule has 1 N–H and O–H groups in total. The highest BCUT2D eigenvalue weighted by Crippen LogP contribution is 2.43. The molecule has 2 rings (SSSR count). The molecule has 120 valence electrons. The van der Waals surface area contributed by atoms with Gasteiger partial charge in [-0.05, 0) is 15.9 Å². The molecule has 0 radical (unpaired) electrons. The Labute approximate surface area is 150 Å². The molecule has 0 fully saturated rings. The van der Waals surface area contributed by atoms with E-state index in [1.54, 1.807) is 6.07 Å². The maximum atomic E-state index is 12.5. The molecule has 5 nitrogen and oxygen atoms in total. The number of rotatable bonds is 5. The number of nitrogens with one attached hydrogen (secondary N) is 1. The summed E-state index contributed by atoms with van der Waals surface area (Å²) < 4.78 is 38.2. The van der Waals surface area contributed by atoms with E-state index >= 15 is 0 Å². The molecule has 0 aliphatic carbocycles. The summed E-state index contributed by atoms with van der Waals surface area (Å²) in [6.45, 7) is 0. The predicted molar refractivity (Wildman–Crippen MR) is 92.4 cm³/mol. The third-order valence-electron chi connectivity index (χ3n) is 2.60. The quantitative estimate of drug-likeness (QED) is 0.726. The molecule has 22 heavy (non-hydrogen) atoms. The van der Waals surface area contributed by atoms with Crippen LogP contribution >= 0.6 is 50.5 Å². The molecule has 1 heterocycles. The molecule has 0 amide bonds. The highest BCUT2D eigenvalue weighted by atomic mass is 79.9. The van der Waals surface area contributed by atoms with Crippen LogP contribution in [-0.2, 0) is 10.0 Å². The van der Waals surface area contributed by atoms with Crippen LogP contribution in [0.3, 0.4) is 0 Å². The second-order valence-electron chi connectivity index (χ2n) is 4.00. The Balaban J connectivity index is 2.45. The highest BCUT2D eigenvalue weighted by Gasteiger charge is 2.26. The number of methoxy groups -OCH3 is 2. The lowest BCUT2D eigenvalue weighted by atomic mass is 10.3. The average Bonchev–Trinajstić information content (AvgIpc) is 2.71. The van der Waals surface area contributed by atoms with Crippen molar-refractivity contribution in [1.82, 2.24) is 0 Å². The Kier molecular flexibility index (Phi) is 5.50. The van der Waals surface area contributed by atoms with Crippen LogP contribution < -0.4 is 14.2 Å². The summed E-state index contributed by atoms with van der Waals surface area (Å²) in [6, 6.07) is 4.67. The van der Waals surface area contributed by atoms with Gasteiger partial charge in [-0.2, -0.15) is 0 Å². The third-order valence-corrected chi connectivity index (χ3v) is 7.45. The molecule has 0 unspecified atom stereocenters. The van der Waals surface area contributed by atoms with Crippen LogP contribution in [0, 0.1) is 0 Å². The lowest BCUT2D eigenvalue weighted by Gasteiger charge is -2.11. The molecular weight excluding hydrogens is 437 g/mol. The number of benzene rings is 1. The Morgan fingerprint density at radius 2 is 1.64 bits per heavy atom. The number of anilines is 1. The standard InChI is InChI=1S/C12H10BrCl2NO4S2/c1-19-7-3-6(4-8(5-7)20-2)16-22(17,18)10-9(13)11(14)21-12(10)15/h3-5,16H,1-2H3. The molecule has 1 aromatic carbocycles. The van der Waals surface area contributed by atoms with E-state index in [0.717, 1.165) is 11.3 Å². The van der Waals surface area contributed by atoms with Crippen molar-refractivity contribution >= 4 is 66.2 Å². The second kappa shape index (κ2) is 6.84. The van der Waals surface area contributed by atoms with Gasteiger partial charge < -0.3 is 9.47 Å². The summed E-state index contributed by atoms with van der Waals surface area (Å²) in [5.74, 6) is 0.899. The number of hydrogen-bond donors (Lipinski definition) is 1. The van der Waals surface area contributed by atoms with Gasteiger partial charge in [0, 0.05) is 18.2 Å². The van der Waals surface area contributed by atoms with Crippen LogP contribution in [0.25, 0.3) is 0 Å². The zero-order valence-electron chi connectivity index (χ0n) is 11.3. The van der Waals surface area contributed by atoms with E-state index in [0.29, 0.717) is 11.5 Å². The third kappa shape index (κ3) is 3.62. The average molecular weight is 447 g/mol. The van der Waals surface area contributed by atoms with Crippen molar-refractivity contribution < 1.29 is 17.9 Å². The van der Waals surface area contributed by atoms with Gasteiger partial charge in [-0.15, -0.1) is 11.3 Å². The summed E-state index contributed by atoms with van der Waals surface area (Å²) in [7, 11) is -0.975. The first-order valence-electron chi connectivity index (χ1n) is 5.67. The molecule has 0 saturated heterocycles. The number of halogens is 3. The summed E-state index contributed by atoms with van der Waals surface area (Å²) in [6.07, 6.45) is 0. The van der Waals surface area contributed by atoms with Crippen molar-refractivity contribution in [3.63, 3.8) is 0 Å². The molecule has 0 spiro atoms. The summed E-state index contributed by atoms with van der Waals surface area (Å²) in [4.78, 5) is -0.106. The number of sulfonamides is 1. The molecule has 1 aromatic heterocycles. The van der Waals surface area contributed by atoms with Gasteiger partial charge >= 0.3 is 0 Å². The van der Waals surface area contributed by atoms with Gasteiger partial charge in [0.25, 0.3) is 10.0 Å². The fourth-order valence-electron chi connectivity index (χ4n) is 1.64. The molecule has 0 aliphatic heterocycles. The first-order valence-corrected chi connectivity index (χ1v) is 9.52. The smallest absolute Gasteiger partial charge is 0.265 e. The Morgan fingerprint density at radius 3 is 2.05 bits per heavy atom. The monoisotopic (exact) mass is 445 g/mol. The minimum Gasteiger partial charge on any atom is -0.497 e. The van der Waals surface area contributed by atoms with Gasteiger partial charge in [-0.1, -0.05) is 23.2 Å². The van der Waals surface area contributed by atoms with Gasteiger partial charge in [-0.3, -0.25) is 4.72 Å². The van der Waals surface area contributed by atoms with Gasteiger partial charge in [0.2, 0.25) is 0 Å². The molecule has 10 heteroatoms. The molecular formula is C12H10BrCl2NO4S2. The van der Waals surface area contributed by atoms with Gasteiger partial charge in [-0.25, -0.2) is 8.42 Å². The summed E-state index contributed by atoms with van der Waals surface area (Å²) >= 11 is 15.9. The number of hydrogen-bond acceptors (Lipinski definition) is 5. The molecule has 2 aromatic rings. The van der Waals surface area contributed by atoms with Gasteiger partial charge in [0.05, 0.1) is 24.4 Å². The fourth-order valence-corrected chi connectivity index (χ4v) is 6.24. The fraction of sp³-hybridized carbons (Fsp3) is 0.167. The number of ether oxygens (including phenoxy) is 2. The van der Waals surface area contributed by atoms with Gasteiger partial charge in [0.1, 0.15) is 25.1 Å². The van der Waals surface area contributed by atoms with Crippen molar-refractivity contribution in [3.05, 3.63) is 31.3 Å². The van der Waals surface area contributed by atoms with E-state index in [9.17, 15) is 8.42 Å². The van der Waals surface area contributed by atoms with Crippen LogP contribution in [-0.4, -0.2) is 22.6 Å². The first kappa shape index (κ1) is 17.7. The van der Waals surface area contributed by atoms with Crippen molar-refractivity contribution in [2.45, 2.75) is 4.90 Å². The minimum absolute atomic E-state index is 0.0687. The Hall–Kier alpha value is -0.670. The van der Waals surface area contributed by atoms with Crippen molar-refractivity contribution in [2.24, 2.45) is 0 Å². The van der Waals surface area contributed by atoms with Gasteiger partial charge in [0.15, 0.2) is 0 Å². The predicted octanol–water partition coefficient (Wildman–Crippen LogP) is 4.64. The molecule has 0 atom stereocenters. The second-order valence-corrected chi connectivity index (χ2v) is 8.64. The normalized spacial score (nSPS) is 11.3. The van der Waals surface area contributed by atoms with Crippen LogP contribution in [0.1, 0.15) is 0 Å².